The number of hydrogen-bond donors (Lipinski definition) is 1. The Morgan fingerprint density at radius 3 is 2.62 bits per heavy atom. The van der Waals surface area contributed by atoms with Crippen LogP contribution >= 0.6 is 11.6 Å². The van der Waals surface area contributed by atoms with Gasteiger partial charge in [-0.25, -0.2) is 0 Å². The fourth-order valence-electron chi connectivity index (χ4n) is 3.65. The van der Waals surface area contributed by atoms with Crippen LogP contribution in [0.2, 0.25) is 5.02 Å². The zero-order chi connectivity index (χ0) is 23.4. The van der Waals surface area contributed by atoms with Gasteiger partial charge in [-0.2, -0.15) is 0 Å². The van der Waals surface area contributed by atoms with Gasteiger partial charge in [-0.05, 0) is 64.4 Å². The van der Waals surface area contributed by atoms with E-state index in [0.717, 1.165) is 0 Å². The molecule has 1 N–H and O–H groups in total. The Bertz CT molecular complexity index is 1030. The summed E-state index contributed by atoms with van der Waals surface area (Å²) >= 11 is 6.32. The van der Waals surface area contributed by atoms with Gasteiger partial charge in [0.25, 0.3) is 11.7 Å². The lowest BCUT2D eigenvalue weighted by molar-refractivity contribution is -0.140. The van der Waals surface area contributed by atoms with Crippen LogP contribution in [0.15, 0.2) is 40.3 Å². The summed E-state index contributed by atoms with van der Waals surface area (Å²) in [6, 6.07) is 7.38. The summed E-state index contributed by atoms with van der Waals surface area (Å²) in [5.74, 6) is -0.342. The van der Waals surface area contributed by atoms with Crippen molar-refractivity contribution < 1.29 is 28.6 Å². The maximum absolute atomic E-state index is 13.0. The second kappa shape index (κ2) is 10.2. The molecule has 172 valence electrons. The third-order valence-electron chi connectivity index (χ3n) is 5.07. The molecule has 1 aliphatic rings. The van der Waals surface area contributed by atoms with E-state index in [0.29, 0.717) is 36.9 Å². The van der Waals surface area contributed by atoms with Gasteiger partial charge in [0.05, 0.1) is 23.3 Å². The smallest absolute Gasteiger partial charge is 0.295 e. The number of nitrogens with zero attached hydrogens (tertiary/aromatic N) is 1. The van der Waals surface area contributed by atoms with Crippen LogP contribution in [0.3, 0.4) is 0 Å². The van der Waals surface area contributed by atoms with Gasteiger partial charge in [0.15, 0.2) is 0 Å². The molecule has 0 spiro atoms. The number of aliphatic hydroxyl groups excluding tert-OH is 1. The molecule has 1 amide bonds. The number of Topliss-reactive ketones (excluding diaryl/α,β-unsaturated/α-hetero) is 1. The van der Waals surface area contributed by atoms with Crippen molar-refractivity contribution in [3.05, 3.63) is 58.0 Å². The van der Waals surface area contributed by atoms with Crippen molar-refractivity contribution in [2.24, 2.45) is 0 Å². The van der Waals surface area contributed by atoms with Crippen LogP contribution < -0.4 is 4.74 Å². The van der Waals surface area contributed by atoms with E-state index in [1.54, 1.807) is 37.3 Å². The highest BCUT2D eigenvalue weighted by atomic mass is 35.5. The van der Waals surface area contributed by atoms with Crippen molar-refractivity contribution in [2.45, 2.75) is 46.3 Å². The highest BCUT2D eigenvalue weighted by Crippen LogP contribution is 2.41. The molecule has 0 bridgehead atoms. The summed E-state index contributed by atoms with van der Waals surface area (Å²) in [5.41, 5.74) is 0.150. The molecule has 1 aliphatic heterocycles. The topological polar surface area (TPSA) is 89.2 Å². The standard InChI is InChI=1S/C24H28ClNO6/c1-5-30-16-8-9-18(25)17(13-16)22(27)20-21(19-10-7-15(4)32-19)26(24(29)23(20)28)11-6-12-31-14(2)3/h7-10,13-14,21,27H,5-6,11-12H2,1-4H3/b22-20+. The number of hydrogen-bond acceptors (Lipinski definition) is 6. The molecule has 1 aromatic heterocycles. The lowest BCUT2D eigenvalue weighted by Crippen LogP contribution is -2.31. The minimum Gasteiger partial charge on any atom is -0.507 e. The number of aryl methyl sites for hydroxylation is 1. The summed E-state index contributed by atoms with van der Waals surface area (Å²) in [6.07, 6.45) is 0.593. The average Bonchev–Trinajstić information content (AvgIpc) is 3.28. The van der Waals surface area contributed by atoms with Crippen LogP contribution in [0.25, 0.3) is 5.76 Å². The number of carbonyl (C=O) groups excluding carboxylic acids is 2. The second-order valence-electron chi connectivity index (χ2n) is 7.79. The van der Waals surface area contributed by atoms with E-state index in [4.69, 9.17) is 25.5 Å². The monoisotopic (exact) mass is 461 g/mol. The lowest BCUT2D eigenvalue weighted by atomic mass is 9.99. The highest BCUT2D eigenvalue weighted by molar-refractivity contribution is 6.46. The molecule has 0 aliphatic carbocycles. The number of furan rings is 1. The number of amides is 1. The van der Waals surface area contributed by atoms with E-state index in [1.165, 1.54) is 4.90 Å². The molecule has 1 unspecified atom stereocenters. The second-order valence-corrected chi connectivity index (χ2v) is 8.20. The Kier molecular flexibility index (Phi) is 7.64. The number of carbonyl (C=O) groups is 2. The predicted octanol–water partition coefficient (Wildman–Crippen LogP) is 4.88. The Labute approximate surface area is 192 Å². The molecule has 0 saturated carbocycles. The number of benzene rings is 1. The molecule has 1 atom stereocenters. The van der Waals surface area contributed by atoms with Crippen LogP contribution in [0.4, 0.5) is 0 Å². The minimum atomic E-state index is -0.866. The van der Waals surface area contributed by atoms with Crippen molar-refractivity contribution in [3.63, 3.8) is 0 Å². The van der Waals surface area contributed by atoms with Gasteiger partial charge >= 0.3 is 0 Å². The first-order valence-corrected chi connectivity index (χ1v) is 11.0. The molecule has 0 radical (unpaired) electrons. The van der Waals surface area contributed by atoms with Crippen LogP contribution in [-0.2, 0) is 14.3 Å². The maximum Gasteiger partial charge on any atom is 0.295 e. The van der Waals surface area contributed by atoms with Crippen molar-refractivity contribution in [2.75, 3.05) is 19.8 Å². The van der Waals surface area contributed by atoms with Crippen LogP contribution in [0.1, 0.15) is 50.3 Å². The fraction of sp³-hybridized carbons (Fsp3) is 0.417. The summed E-state index contributed by atoms with van der Waals surface area (Å²) < 4.78 is 16.8. The van der Waals surface area contributed by atoms with Crippen LogP contribution in [-0.4, -0.2) is 47.6 Å². The summed E-state index contributed by atoms with van der Waals surface area (Å²) in [5, 5.41) is 11.4. The third kappa shape index (κ3) is 5.00. The zero-order valence-electron chi connectivity index (χ0n) is 18.7. The minimum absolute atomic E-state index is 0.0636. The summed E-state index contributed by atoms with van der Waals surface area (Å²) in [6.45, 7) is 8.60. The molecule has 8 heteroatoms. The van der Waals surface area contributed by atoms with Gasteiger partial charge in [0, 0.05) is 18.7 Å². The van der Waals surface area contributed by atoms with Crippen LogP contribution in [0.5, 0.6) is 5.75 Å². The summed E-state index contributed by atoms with van der Waals surface area (Å²) in [4.78, 5) is 27.4. The van der Waals surface area contributed by atoms with E-state index in [1.807, 2.05) is 20.8 Å². The largest absolute Gasteiger partial charge is 0.507 e. The van der Waals surface area contributed by atoms with E-state index in [2.05, 4.69) is 0 Å². The number of ketones is 1. The Morgan fingerprint density at radius 1 is 1.25 bits per heavy atom. The molecule has 7 nitrogen and oxygen atoms in total. The number of rotatable bonds is 9. The van der Waals surface area contributed by atoms with Crippen molar-refractivity contribution in [1.29, 1.82) is 0 Å². The first-order valence-electron chi connectivity index (χ1n) is 10.6. The molecule has 1 aromatic carbocycles. The summed E-state index contributed by atoms with van der Waals surface area (Å²) in [7, 11) is 0. The number of likely N-dealkylation sites (tertiary alicyclic amines) is 1. The number of aliphatic hydroxyl groups is 1. The first kappa shape index (κ1) is 23.9. The van der Waals surface area contributed by atoms with E-state index in [9.17, 15) is 14.7 Å². The van der Waals surface area contributed by atoms with Gasteiger partial charge < -0.3 is 23.9 Å². The van der Waals surface area contributed by atoms with Crippen molar-refractivity contribution >= 4 is 29.1 Å². The zero-order valence-corrected chi connectivity index (χ0v) is 19.4. The van der Waals surface area contributed by atoms with Gasteiger partial charge in [-0.3, -0.25) is 9.59 Å². The average molecular weight is 462 g/mol. The normalized spacial score (nSPS) is 18.1. The molecule has 1 fully saturated rings. The van der Waals surface area contributed by atoms with Crippen LogP contribution in [0, 0.1) is 6.92 Å². The molecule has 2 heterocycles. The van der Waals surface area contributed by atoms with Crippen molar-refractivity contribution in [1.82, 2.24) is 4.90 Å². The Balaban J connectivity index is 2.05. The molecule has 2 aromatic rings. The molecule has 1 saturated heterocycles. The van der Waals surface area contributed by atoms with Gasteiger partial charge in [0.1, 0.15) is 29.1 Å². The highest BCUT2D eigenvalue weighted by Gasteiger charge is 2.47. The third-order valence-corrected chi connectivity index (χ3v) is 5.40. The van der Waals surface area contributed by atoms with E-state index < -0.39 is 17.7 Å². The fourth-order valence-corrected chi connectivity index (χ4v) is 3.86. The van der Waals surface area contributed by atoms with Crippen molar-refractivity contribution in [3.8, 4) is 5.75 Å². The molecule has 32 heavy (non-hydrogen) atoms. The molecular weight excluding hydrogens is 434 g/mol. The SMILES string of the molecule is CCOc1ccc(Cl)c(/C(O)=C2\C(=O)C(=O)N(CCCOC(C)C)C2c2ccc(C)o2)c1. The lowest BCUT2D eigenvalue weighted by Gasteiger charge is -2.23. The van der Waals surface area contributed by atoms with Gasteiger partial charge in [-0.1, -0.05) is 11.6 Å². The van der Waals surface area contributed by atoms with Gasteiger partial charge in [0.2, 0.25) is 0 Å². The quantitative estimate of drug-likeness (QED) is 0.248. The molecule has 3 rings (SSSR count). The Hall–Kier alpha value is -2.77. The molecular formula is C24H28ClNO6. The maximum atomic E-state index is 13.0. The number of halogens is 1. The Morgan fingerprint density at radius 2 is 2.00 bits per heavy atom. The predicted molar refractivity (Wildman–Crippen MR) is 121 cm³/mol. The first-order chi connectivity index (χ1) is 15.2. The van der Waals surface area contributed by atoms with E-state index >= 15 is 0 Å². The number of ether oxygens (including phenoxy) is 2. The van der Waals surface area contributed by atoms with Gasteiger partial charge in [-0.15, -0.1) is 0 Å². The van der Waals surface area contributed by atoms with E-state index in [-0.39, 0.29) is 34.6 Å².